The zero-order valence-corrected chi connectivity index (χ0v) is 76.7. The van der Waals surface area contributed by atoms with Crippen molar-refractivity contribution in [1.82, 2.24) is 92.1 Å². The van der Waals surface area contributed by atoms with Crippen molar-refractivity contribution in [2.24, 2.45) is 17.4 Å². The highest BCUT2D eigenvalue weighted by atomic mass is 32.2. The number of urea groups is 1. The molecule has 17 N–H and O–H groups in total. The highest BCUT2D eigenvalue weighted by molar-refractivity contribution is 8.14. The van der Waals surface area contributed by atoms with E-state index in [1.807, 2.05) is 0 Å². The number of aromatic hydroxyl groups is 1. The van der Waals surface area contributed by atoms with Gasteiger partial charge in [-0.3, -0.25) is 52.7 Å². The number of H-pyrrole nitrogens is 1. The van der Waals surface area contributed by atoms with Crippen LogP contribution in [-0.2, 0) is 61.0 Å². The molecular formula is C85H91N21O21S6. The fourth-order valence-electron chi connectivity index (χ4n) is 14.3. The number of benzene rings is 2. The number of ether oxygens (including phenoxy) is 3. The topological polar surface area (TPSA) is 608 Å². The minimum atomic E-state index is -1.91. The van der Waals surface area contributed by atoms with Crippen molar-refractivity contribution in [3.63, 3.8) is 0 Å². The lowest BCUT2D eigenvalue weighted by atomic mass is 10.0. The van der Waals surface area contributed by atoms with Crippen molar-refractivity contribution in [3.05, 3.63) is 166 Å². The second-order valence-corrected chi connectivity index (χ2v) is 36.5. The quantitative estimate of drug-likeness (QED) is 0.0137. The van der Waals surface area contributed by atoms with Crippen LogP contribution >= 0.6 is 68.4 Å². The maximum atomic E-state index is 15.1. The normalized spacial score (nSPS) is 18.4. The zero-order chi connectivity index (χ0) is 95.2. The van der Waals surface area contributed by atoms with E-state index in [0.29, 0.717) is 59.1 Å². The molecule has 0 aliphatic carbocycles. The molecule has 0 radical (unpaired) electrons. The molecule has 14 amide bonds. The molecule has 0 spiro atoms. The van der Waals surface area contributed by atoms with Gasteiger partial charge in [-0.2, -0.15) is 0 Å². The Morgan fingerprint density at radius 1 is 0.729 bits per heavy atom. The number of rotatable bonds is 24. The lowest BCUT2D eigenvalue weighted by Gasteiger charge is -2.34. The summed E-state index contributed by atoms with van der Waals surface area (Å²) in [7, 11) is 0. The molecule has 11 heterocycles. The number of hydrogen-bond acceptors (Lipinski definition) is 33. The van der Waals surface area contributed by atoms with Crippen LogP contribution in [0.2, 0.25) is 0 Å². The molecule has 1 fully saturated rings. The van der Waals surface area contributed by atoms with E-state index in [1.54, 1.807) is 75.5 Å². The number of amides is 14. The third-order valence-corrected chi connectivity index (χ3v) is 26.9. The van der Waals surface area contributed by atoms with E-state index >= 15 is 9.59 Å². The number of primary amides is 2. The Labute approximate surface area is 781 Å². The molecule has 4 aliphatic rings. The Morgan fingerprint density at radius 3 is 2.07 bits per heavy atom. The third kappa shape index (κ3) is 23.9. The Bertz CT molecular complexity index is 6090. The number of allylic oxidation sites excluding steroid dienone is 1. The number of piperazine rings is 1. The highest BCUT2D eigenvalue weighted by Gasteiger charge is 2.39. The Balaban J connectivity index is 0.737. The minimum absolute atomic E-state index is 0.00330. The van der Waals surface area contributed by atoms with Crippen LogP contribution in [0.15, 0.2) is 106 Å². The largest absolute Gasteiger partial charge is 0.506 e. The number of aromatic nitrogens is 7. The molecule has 12 bridgehead atoms. The van der Waals surface area contributed by atoms with Crippen molar-refractivity contribution in [2.45, 2.75) is 141 Å². The van der Waals surface area contributed by atoms with Crippen LogP contribution in [0.4, 0.5) is 20.1 Å². The number of aromatic amines is 1. The van der Waals surface area contributed by atoms with Crippen molar-refractivity contribution in [2.75, 3.05) is 50.3 Å². The summed E-state index contributed by atoms with van der Waals surface area (Å²) < 4.78 is 17.9. The van der Waals surface area contributed by atoms with Gasteiger partial charge >= 0.3 is 24.2 Å². The minimum Gasteiger partial charge on any atom is -0.506 e. The van der Waals surface area contributed by atoms with Gasteiger partial charge in [0.2, 0.25) is 40.8 Å². The Hall–Kier alpha value is -13.8. The predicted octanol–water partition coefficient (Wildman–Crippen LogP) is 6.27. The summed E-state index contributed by atoms with van der Waals surface area (Å²) in [6, 6.07) is 5.32. The van der Waals surface area contributed by atoms with Crippen LogP contribution in [0, 0.1) is 12.8 Å². The molecule has 48 heteroatoms. The number of thiazole rings is 5. The number of cyclic esters (lactones) is 1. The van der Waals surface area contributed by atoms with Gasteiger partial charge in [0, 0.05) is 113 Å². The molecule has 698 valence electrons. The average Bonchev–Trinajstić information content (AvgIpc) is 1.65. The molecule has 13 rings (SSSR count). The van der Waals surface area contributed by atoms with Gasteiger partial charge in [0.05, 0.1) is 35.3 Å². The maximum Gasteiger partial charge on any atom is 0.410 e. The van der Waals surface area contributed by atoms with Gasteiger partial charge in [-0.1, -0.05) is 69.0 Å². The lowest BCUT2D eigenvalue weighted by Crippen LogP contribution is -2.54. The summed E-state index contributed by atoms with van der Waals surface area (Å²) in [6.45, 7) is 10.6. The summed E-state index contributed by atoms with van der Waals surface area (Å²) >= 11 is 5.42. The van der Waals surface area contributed by atoms with E-state index in [1.165, 1.54) is 67.4 Å². The molecule has 42 nitrogen and oxygen atoms in total. The molecule has 7 aromatic heterocycles. The fourth-order valence-corrected chi connectivity index (χ4v) is 19.4. The van der Waals surface area contributed by atoms with Gasteiger partial charge in [0.25, 0.3) is 29.5 Å². The van der Waals surface area contributed by atoms with Crippen LogP contribution in [0.1, 0.15) is 169 Å². The van der Waals surface area contributed by atoms with Crippen molar-refractivity contribution in [3.8, 4) is 38.4 Å². The first-order chi connectivity index (χ1) is 63.6. The summed E-state index contributed by atoms with van der Waals surface area (Å²) in [5, 5.41) is 64.3. The second-order valence-electron chi connectivity index (χ2n) is 31.1. The Morgan fingerprint density at radius 2 is 1.38 bits per heavy atom. The van der Waals surface area contributed by atoms with Crippen LogP contribution in [0.25, 0.3) is 49.3 Å². The van der Waals surface area contributed by atoms with E-state index in [4.69, 9.17) is 40.6 Å². The molecule has 0 saturated carbocycles. The first-order valence-corrected chi connectivity index (χ1v) is 47.0. The van der Waals surface area contributed by atoms with Crippen molar-refractivity contribution < 1.29 is 101 Å². The number of aliphatic hydroxyl groups excluding tert-OH is 2. The summed E-state index contributed by atoms with van der Waals surface area (Å²) in [5.74, 6) is -9.65. The molecule has 1 unspecified atom stereocenters. The number of carbonyl (C=O) groups is 15. The van der Waals surface area contributed by atoms with Gasteiger partial charge in [0.1, 0.15) is 108 Å². The Kier molecular flexibility index (Phi) is 31.7. The van der Waals surface area contributed by atoms with Crippen LogP contribution in [0.5, 0.6) is 5.75 Å². The van der Waals surface area contributed by atoms with Crippen LogP contribution < -0.4 is 59.3 Å². The van der Waals surface area contributed by atoms with Gasteiger partial charge in [-0.25, -0.2) is 49.1 Å². The van der Waals surface area contributed by atoms with E-state index in [2.05, 4.69) is 74.4 Å². The first-order valence-electron chi connectivity index (χ1n) is 41.6. The number of aryl methyl sites for hydroxylation is 1. The molecule has 4 aliphatic heterocycles. The third-order valence-electron chi connectivity index (χ3n) is 21.4. The van der Waals surface area contributed by atoms with E-state index in [9.17, 15) is 77.6 Å². The zero-order valence-electron chi connectivity index (χ0n) is 71.8. The summed E-state index contributed by atoms with van der Waals surface area (Å²) in [5.41, 5.74) is 11.5. The van der Waals surface area contributed by atoms with E-state index in [-0.39, 0.29) is 152 Å². The number of carbonyl (C=O) groups excluding carboxylic acids is 15. The van der Waals surface area contributed by atoms with E-state index in [0.717, 1.165) is 68.4 Å². The van der Waals surface area contributed by atoms with Crippen molar-refractivity contribution >= 4 is 179 Å². The van der Waals surface area contributed by atoms with Gasteiger partial charge < -0.3 is 109 Å². The number of hydrogen-bond donors (Lipinski definition) is 15. The van der Waals surface area contributed by atoms with E-state index < -0.39 is 162 Å². The second kappa shape index (κ2) is 43.5. The highest BCUT2D eigenvalue weighted by Crippen LogP contribution is 2.42. The number of esters is 1. The van der Waals surface area contributed by atoms with Gasteiger partial charge in [0.15, 0.2) is 0 Å². The van der Waals surface area contributed by atoms with Crippen LogP contribution in [-0.4, -0.2) is 235 Å². The molecule has 9 aromatic rings. The number of anilines is 1. The molecule has 8 atom stereocenters. The average molecular weight is 1940 g/mol. The van der Waals surface area contributed by atoms with Gasteiger partial charge in [-0.05, 0) is 99.4 Å². The standard InChI is InChI=1S/C85H91N21O21S6/c1-7-47-77-98-53(35-130-77)71(115)94-50-30-58(127-85(124)105-27-25-104(26-28-105)84(123)126-31-43-17-19-45(20-18-43)90-69(113)49(15-12-23-88-83(87)122)93-74(118)63(39(2)3)101-59(109)16-9-8-10-24-106-60(110)21-22-61(106)111)81(120)125-32-44-13-11-14-48-62(44)40(4)64(91-48)82(121)133-38-56(95-72(116)54-36-131-78(50)99-54)79-96-51(33-129-79)66-46(76-97-55(34-128-76)73(117)103-65(42(6)107)75(119)92-47)29-57(108)67(102-66)80-100-52(37-132-80)70(114)89-41(5)68(86)112/h7,11,13-14,17-22,29,33-37,39,42,49-50,56,58,60,63,65,91,107-108,110H,5,8-10,12,15-16,23-28,30-32,38H2,1-4,6H3,(H2,86,112)(H,89,114)(H,90,113)(H,92,119)(H,93,118)(H,94,115)(H,95,116)(H,101,109)(H,103,117)(H3,87,88,122)/b47-7-/t42-,49+,50+,56+,58+,60?,63+,65+/m1/s1. The predicted molar refractivity (Wildman–Crippen MR) is 488 cm³/mol. The number of nitrogens with one attached hydrogen (secondary N) is 10. The lowest BCUT2D eigenvalue weighted by molar-refractivity contribution is -0.156. The number of fused-ring (bicyclic) bond motifs is 13. The smallest absolute Gasteiger partial charge is 0.410 e. The summed E-state index contributed by atoms with van der Waals surface area (Å²) in [4.78, 5) is 241. The first kappa shape index (κ1) is 96.8. The van der Waals surface area contributed by atoms with Crippen LogP contribution in [0.3, 0.4) is 0 Å². The SMILES string of the molecule is C=C(NC(=O)c1csc(-c2nc3c(cc2O)-c2nc(cs2)C(=O)N[C@@H]([C@@H](C)O)C(=O)N/C(=C\C)c2nc(cs2)C(=O)N[C@H]2C[C@H](OC(=O)N4CCN(C(=O)OCc5ccc(NC(=O)[C@H](CCCNC(N)=O)NC(=O)[C@@H](NC(=O)CCCCCN6C(=O)C=CC6O)C(C)C)cc5)CC4)C(=O)OCc4cccc5[nH]c(c(C)c45)C(=O)SC[C@H](NC(=O)c4csc2n4)c2nc-3cs2)n1)C(N)=O. The number of nitrogens with two attached hydrogens (primary N) is 2. The molecule has 1 saturated heterocycles. The number of nitrogens with zero attached hydrogens (tertiary/aromatic N) is 9. The summed E-state index contributed by atoms with van der Waals surface area (Å²) in [6.07, 6.45) is -0.897. The maximum absolute atomic E-state index is 15.1. The monoisotopic (exact) mass is 1930 g/mol. The van der Waals surface area contributed by atoms with Crippen molar-refractivity contribution in [1.29, 1.82) is 0 Å². The molecular weight excluding hydrogens is 1840 g/mol. The number of thioether (sulfide) groups is 1. The molecule has 133 heavy (non-hydrogen) atoms. The number of aliphatic hydroxyl groups is 2. The molecule has 2 aromatic carbocycles. The number of unbranched alkanes of at least 4 members (excludes halogenated alkanes) is 2. The number of pyridine rings is 1. The van der Waals surface area contributed by atoms with Gasteiger partial charge in [-0.15, -0.1) is 56.7 Å². The fraction of sp³-hybridized carbons (Fsp3) is 0.353.